The number of imidazole rings is 1. The number of nitrogens with zero attached hydrogens (tertiary/aromatic N) is 2. The van der Waals surface area contributed by atoms with Gasteiger partial charge in [-0.05, 0) is 25.5 Å². The Morgan fingerprint density at radius 2 is 2.29 bits per heavy atom. The largest absolute Gasteiger partial charge is 0.396 e. The van der Waals surface area contributed by atoms with Crippen LogP contribution in [0.15, 0.2) is 24.5 Å². The Kier molecular flexibility index (Phi) is 3.99. The summed E-state index contributed by atoms with van der Waals surface area (Å²) >= 11 is 5.90. The van der Waals surface area contributed by atoms with Crippen molar-refractivity contribution in [3.8, 4) is 0 Å². The summed E-state index contributed by atoms with van der Waals surface area (Å²) < 4.78 is 1.91. The molecule has 17 heavy (non-hydrogen) atoms. The summed E-state index contributed by atoms with van der Waals surface area (Å²) in [6, 6.07) is 4.01. The minimum atomic E-state index is 0.203. The molecule has 2 aromatic heterocycles. The fourth-order valence-corrected chi connectivity index (χ4v) is 1.85. The molecule has 2 N–H and O–H groups in total. The Morgan fingerprint density at radius 3 is 3.06 bits per heavy atom. The Morgan fingerprint density at radius 1 is 1.47 bits per heavy atom. The molecule has 1 unspecified atom stereocenters. The molecule has 4 nitrogen and oxygen atoms in total. The van der Waals surface area contributed by atoms with Crippen LogP contribution < -0.4 is 5.32 Å². The van der Waals surface area contributed by atoms with E-state index in [-0.39, 0.29) is 12.6 Å². The van der Waals surface area contributed by atoms with Crippen molar-refractivity contribution in [2.45, 2.75) is 25.9 Å². The number of nitrogens with one attached hydrogen (secondary N) is 1. The number of aromatic nitrogens is 2. The van der Waals surface area contributed by atoms with E-state index >= 15 is 0 Å². The first-order valence-electron chi connectivity index (χ1n) is 5.66. The predicted octanol–water partition coefficient (Wildman–Crippen LogP) is 1.85. The van der Waals surface area contributed by atoms with E-state index < -0.39 is 0 Å². The molecule has 2 heterocycles. The average molecular weight is 254 g/mol. The van der Waals surface area contributed by atoms with E-state index in [0.717, 1.165) is 17.8 Å². The van der Waals surface area contributed by atoms with Crippen LogP contribution in [0, 0.1) is 0 Å². The normalized spacial score (nSPS) is 13.1. The number of aliphatic hydroxyl groups is 1. The monoisotopic (exact) mass is 253 g/mol. The quantitative estimate of drug-likeness (QED) is 0.855. The van der Waals surface area contributed by atoms with Crippen molar-refractivity contribution >= 4 is 17.2 Å². The number of rotatable bonds is 5. The van der Waals surface area contributed by atoms with E-state index in [9.17, 15) is 0 Å². The first-order valence-corrected chi connectivity index (χ1v) is 6.04. The zero-order valence-corrected chi connectivity index (χ0v) is 10.5. The van der Waals surface area contributed by atoms with Crippen LogP contribution in [0.3, 0.4) is 0 Å². The van der Waals surface area contributed by atoms with Gasteiger partial charge in [-0.25, -0.2) is 4.98 Å². The van der Waals surface area contributed by atoms with Crippen LogP contribution in [0.4, 0.5) is 0 Å². The number of fused-ring (bicyclic) bond motifs is 1. The number of hydrogen-bond acceptors (Lipinski definition) is 3. The summed E-state index contributed by atoms with van der Waals surface area (Å²) in [5.74, 6) is 0. The van der Waals surface area contributed by atoms with Gasteiger partial charge in [0.1, 0.15) is 5.65 Å². The molecule has 0 saturated heterocycles. The zero-order chi connectivity index (χ0) is 12.3. The highest BCUT2D eigenvalue weighted by Crippen LogP contribution is 2.11. The van der Waals surface area contributed by atoms with Gasteiger partial charge in [-0.3, -0.25) is 0 Å². The zero-order valence-electron chi connectivity index (χ0n) is 9.73. The van der Waals surface area contributed by atoms with Crippen LogP contribution in [0.25, 0.3) is 5.65 Å². The molecule has 0 aliphatic heterocycles. The van der Waals surface area contributed by atoms with E-state index in [1.807, 2.05) is 35.9 Å². The van der Waals surface area contributed by atoms with Crippen LogP contribution in [0.5, 0.6) is 0 Å². The Balaban J connectivity index is 2.04. The van der Waals surface area contributed by atoms with Crippen LogP contribution in [-0.2, 0) is 6.54 Å². The molecule has 2 aromatic rings. The molecule has 0 spiro atoms. The maximum atomic E-state index is 8.80. The second-order valence-corrected chi connectivity index (χ2v) is 4.58. The Labute approximate surface area is 105 Å². The van der Waals surface area contributed by atoms with Gasteiger partial charge in [-0.2, -0.15) is 0 Å². The van der Waals surface area contributed by atoms with Gasteiger partial charge in [0.05, 0.1) is 10.7 Å². The number of hydrogen-bond donors (Lipinski definition) is 2. The molecule has 2 rings (SSSR count). The maximum absolute atomic E-state index is 8.80. The lowest BCUT2D eigenvalue weighted by Crippen LogP contribution is -2.26. The molecular weight excluding hydrogens is 238 g/mol. The van der Waals surface area contributed by atoms with Crippen molar-refractivity contribution in [1.29, 1.82) is 0 Å². The molecule has 0 bridgehead atoms. The second kappa shape index (κ2) is 5.49. The van der Waals surface area contributed by atoms with Gasteiger partial charge in [0.15, 0.2) is 0 Å². The van der Waals surface area contributed by atoms with Crippen molar-refractivity contribution in [3.05, 3.63) is 35.2 Å². The third-order valence-electron chi connectivity index (χ3n) is 2.66. The van der Waals surface area contributed by atoms with Crippen LogP contribution in [0.1, 0.15) is 19.0 Å². The van der Waals surface area contributed by atoms with Gasteiger partial charge in [-0.1, -0.05) is 11.6 Å². The molecule has 5 heteroatoms. The lowest BCUT2D eigenvalue weighted by molar-refractivity contribution is 0.268. The predicted molar refractivity (Wildman–Crippen MR) is 68.2 cm³/mol. The first kappa shape index (κ1) is 12.4. The van der Waals surface area contributed by atoms with Crippen molar-refractivity contribution in [3.63, 3.8) is 0 Å². The average Bonchev–Trinajstić information content (AvgIpc) is 2.68. The lowest BCUT2D eigenvalue weighted by atomic mass is 10.2. The number of pyridine rings is 1. The molecule has 0 saturated carbocycles. The molecule has 0 amide bonds. The summed E-state index contributed by atoms with van der Waals surface area (Å²) in [5, 5.41) is 12.8. The van der Waals surface area contributed by atoms with Gasteiger partial charge in [0.25, 0.3) is 0 Å². The number of halogens is 1. The fraction of sp³-hybridized carbons (Fsp3) is 0.417. The molecular formula is C12H16ClN3O. The van der Waals surface area contributed by atoms with Crippen LogP contribution in [0.2, 0.25) is 5.02 Å². The maximum Gasteiger partial charge on any atom is 0.137 e. The van der Waals surface area contributed by atoms with Gasteiger partial charge in [0.2, 0.25) is 0 Å². The third kappa shape index (κ3) is 3.19. The SMILES string of the molecule is CC(CCO)NCc1cn2cc(Cl)ccc2n1. The van der Waals surface area contributed by atoms with Gasteiger partial charge >= 0.3 is 0 Å². The standard InChI is InChI=1S/C12H16ClN3O/c1-9(4-5-17)14-6-11-8-16-7-10(13)2-3-12(16)15-11/h2-3,7-9,14,17H,4-6H2,1H3. The van der Waals surface area contributed by atoms with Crippen molar-refractivity contribution in [2.24, 2.45) is 0 Å². The van der Waals surface area contributed by atoms with Gasteiger partial charge in [0, 0.05) is 31.6 Å². The second-order valence-electron chi connectivity index (χ2n) is 4.14. The molecule has 0 radical (unpaired) electrons. The third-order valence-corrected chi connectivity index (χ3v) is 2.88. The molecule has 0 aromatic carbocycles. The van der Waals surface area contributed by atoms with E-state index in [2.05, 4.69) is 10.3 Å². The van der Waals surface area contributed by atoms with E-state index in [1.54, 1.807) is 0 Å². The smallest absolute Gasteiger partial charge is 0.137 e. The summed E-state index contributed by atoms with van der Waals surface area (Å²) in [6.07, 6.45) is 4.55. The van der Waals surface area contributed by atoms with E-state index in [1.165, 1.54) is 0 Å². The molecule has 0 fully saturated rings. The highest BCUT2D eigenvalue weighted by molar-refractivity contribution is 6.30. The van der Waals surface area contributed by atoms with E-state index in [4.69, 9.17) is 16.7 Å². The fourth-order valence-electron chi connectivity index (χ4n) is 1.68. The van der Waals surface area contributed by atoms with Gasteiger partial charge in [-0.15, -0.1) is 0 Å². The first-order chi connectivity index (χ1) is 8.19. The summed E-state index contributed by atoms with van der Waals surface area (Å²) in [4.78, 5) is 4.47. The molecule has 1 atom stereocenters. The lowest BCUT2D eigenvalue weighted by Gasteiger charge is -2.10. The van der Waals surface area contributed by atoms with Crippen molar-refractivity contribution in [2.75, 3.05) is 6.61 Å². The summed E-state index contributed by atoms with van der Waals surface area (Å²) in [7, 11) is 0. The number of aliphatic hydroxyl groups excluding tert-OH is 1. The van der Waals surface area contributed by atoms with Crippen LogP contribution in [-0.4, -0.2) is 27.1 Å². The Bertz CT molecular complexity index is 497. The molecule has 0 aliphatic carbocycles. The summed E-state index contributed by atoms with van der Waals surface area (Å²) in [6.45, 7) is 2.94. The van der Waals surface area contributed by atoms with E-state index in [0.29, 0.717) is 11.6 Å². The highest BCUT2D eigenvalue weighted by Gasteiger charge is 2.04. The molecule has 0 aliphatic rings. The minimum absolute atomic E-state index is 0.203. The van der Waals surface area contributed by atoms with Gasteiger partial charge < -0.3 is 14.8 Å². The summed E-state index contributed by atoms with van der Waals surface area (Å²) in [5.41, 5.74) is 1.86. The minimum Gasteiger partial charge on any atom is -0.396 e. The van der Waals surface area contributed by atoms with Crippen LogP contribution >= 0.6 is 11.6 Å². The van der Waals surface area contributed by atoms with Crippen molar-refractivity contribution < 1.29 is 5.11 Å². The highest BCUT2D eigenvalue weighted by atomic mass is 35.5. The van der Waals surface area contributed by atoms with Crippen molar-refractivity contribution in [1.82, 2.24) is 14.7 Å². The topological polar surface area (TPSA) is 49.6 Å². The molecule has 92 valence electrons. The Hall–Kier alpha value is -1.10.